The predicted molar refractivity (Wildman–Crippen MR) is 140 cm³/mol. The number of pyridine rings is 1. The van der Waals surface area contributed by atoms with Crippen molar-refractivity contribution >= 4 is 34.3 Å². The maximum absolute atomic E-state index is 13.4. The van der Waals surface area contributed by atoms with Gasteiger partial charge in [-0.1, -0.05) is 22.9 Å². The number of carbonyl (C=O) groups is 2. The Bertz CT molecular complexity index is 1510. The monoisotopic (exact) mass is 517 g/mol. The van der Waals surface area contributed by atoms with Crippen molar-refractivity contribution in [3.63, 3.8) is 0 Å². The summed E-state index contributed by atoms with van der Waals surface area (Å²) in [6.45, 7) is 3.10. The van der Waals surface area contributed by atoms with Gasteiger partial charge in [-0.05, 0) is 56.9 Å². The quantitative estimate of drug-likeness (QED) is 0.427. The molecule has 37 heavy (non-hydrogen) atoms. The van der Waals surface area contributed by atoms with Crippen LogP contribution in [0.3, 0.4) is 0 Å². The molecule has 0 unspecified atom stereocenters. The molecular weight excluding hydrogens is 490 g/mol. The van der Waals surface area contributed by atoms with Gasteiger partial charge in [-0.25, -0.2) is 9.67 Å². The second kappa shape index (κ2) is 8.99. The van der Waals surface area contributed by atoms with Crippen molar-refractivity contribution in [2.45, 2.75) is 44.2 Å². The third-order valence-corrected chi connectivity index (χ3v) is 7.68. The van der Waals surface area contributed by atoms with Crippen LogP contribution in [0.4, 0.5) is 0 Å². The second-order valence-corrected chi connectivity index (χ2v) is 10.8. The summed E-state index contributed by atoms with van der Waals surface area (Å²) >= 11 is 6.55. The summed E-state index contributed by atoms with van der Waals surface area (Å²) in [5, 5.41) is 12.6. The van der Waals surface area contributed by atoms with Gasteiger partial charge in [0.15, 0.2) is 5.69 Å². The maximum atomic E-state index is 13.4. The summed E-state index contributed by atoms with van der Waals surface area (Å²) in [5.74, 6) is -0.272. The minimum atomic E-state index is -0.416. The first kappa shape index (κ1) is 23.7. The van der Waals surface area contributed by atoms with Crippen LogP contribution < -0.4 is 5.32 Å². The van der Waals surface area contributed by atoms with E-state index >= 15 is 0 Å². The number of hydrogen-bond donors (Lipinski definition) is 1. The molecule has 1 N–H and O–H groups in total. The molecule has 190 valence electrons. The first-order valence-corrected chi connectivity index (χ1v) is 12.9. The lowest BCUT2D eigenvalue weighted by atomic mass is 9.89. The largest absolute Gasteiger partial charge is 0.357 e. The third kappa shape index (κ3) is 4.71. The molecule has 6 rings (SSSR count). The fourth-order valence-electron chi connectivity index (χ4n) is 4.87. The highest BCUT2D eigenvalue weighted by atomic mass is 35.5. The van der Waals surface area contributed by atoms with Crippen LogP contribution in [0.5, 0.6) is 0 Å². The predicted octanol–water partition coefficient (Wildman–Crippen LogP) is 4.24. The molecular formula is C27H28ClN7O2. The Kier molecular flexibility index (Phi) is 5.75. The number of aromatic nitrogens is 5. The minimum absolute atomic E-state index is 0.0503. The Morgan fingerprint density at radius 3 is 2.59 bits per heavy atom. The number of fused-ring (bicyclic) bond motifs is 1. The second-order valence-electron chi connectivity index (χ2n) is 10.4. The molecule has 2 fully saturated rings. The Balaban J connectivity index is 1.14. The number of rotatable bonds is 5. The number of halogens is 1. The van der Waals surface area contributed by atoms with Gasteiger partial charge >= 0.3 is 0 Å². The third-order valence-electron chi connectivity index (χ3n) is 7.37. The van der Waals surface area contributed by atoms with Crippen LogP contribution in [0.15, 0.2) is 48.9 Å². The van der Waals surface area contributed by atoms with E-state index in [1.807, 2.05) is 60.1 Å². The van der Waals surface area contributed by atoms with Gasteiger partial charge in [0.2, 0.25) is 0 Å². The lowest BCUT2D eigenvalue weighted by Crippen LogP contribution is -2.54. The lowest BCUT2D eigenvalue weighted by Gasteiger charge is -2.39. The first-order valence-electron chi connectivity index (χ1n) is 12.5. The van der Waals surface area contributed by atoms with Crippen molar-refractivity contribution < 1.29 is 9.59 Å². The van der Waals surface area contributed by atoms with E-state index in [0.717, 1.165) is 29.5 Å². The zero-order valence-corrected chi connectivity index (χ0v) is 21.6. The summed E-state index contributed by atoms with van der Waals surface area (Å²) < 4.78 is 3.73. The topological polar surface area (TPSA) is 97.9 Å². The van der Waals surface area contributed by atoms with E-state index in [1.54, 1.807) is 16.9 Å². The van der Waals surface area contributed by atoms with E-state index in [-0.39, 0.29) is 11.8 Å². The summed E-state index contributed by atoms with van der Waals surface area (Å²) in [4.78, 5) is 32.7. The smallest absolute Gasteiger partial charge is 0.273 e. The average Bonchev–Trinajstić information content (AvgIpc) is 3.44. The van der Waals surface area contributed by atoms with Gasteiger partial charge in [-0.2, -0.15) is 0 Å². The number of amides is 2. The molecule has 0 atom stereocenters. The molecule has 1 saturated carbocycles. The number of benzene rings is 1. The van der Waals surface area contributed by atoms with Gasteiger partial charge in [-0.15, -0.1) is 5.10 Å². The number of carbonyl (C=O) groups excluding carboxylic acids is 2. The van der Waals surface area contributed by atoms with Crippen molar-refractivity contribution in [3.05, 3.63) is 65.2 Å². The molecule has 0 radical (unpaired) electrons. The van der Waals surface area contributed by atoms with E-state index in [2.05, 4.69) is 15.6 Å². The highest BCUT2D eigenvalue weighted by Gasteiger charge is 2.35. The van der Waals surface area contributed by atoms with Gasteiger partial charge in [0.25, 0.3) is 11.8 Å². The first-order chi connectivity index (χ1) is 17.8. The molecule has 4 aromatic rings. The van der Waals surface area contributed by atoms with Crippen LogP contribution in [-0.2, 0) is 7.05 Å². The van der Waals surface area contributed by atoms with Crippen LogP contribution in [0.25, 0.3) is 22.2 Å². The molecule has 1 aliphatic heterocycles. The molecule has 2 aliphatic rings. The zero-order valence-electron chi connectivity index (χ0n) is 20.8. The number of nitrogens with one attached hydrogen (secondary N) is 1. The number of nitrogens with zero attached hydrogens (tertiary/aromatic N) is 6. The van der Waals surface area contributed by atoms with E-state index in [0.29, 0.717) is 53.8 Å². The Morgan fingerprint density at radius 1 is 1.11 bits per heavy atom. The Hall–Kier alpha value is -3.72. The van der Waals surface area contributed by atoms with Crippen LogP contribution in [0.2, 0.25) is 5.02 Å². The van der Waals surface area contributed by atoms with Gasteiger partial charge in [0.05, 0.1) is 28.5 Å². The highest BCUT2D eigenvalue weighted by Crippen LogP contribution is 2.34. The number of piperidine rings is 1. The van der Waals surface area contributed by atoms with Crippen LogP contribution in [0.1, 0.15) is 59.5 Å². The van der Waals surface area contributed by atoms with E-state index in [4.69, 9.17) is 16.6 Å². The van der Waals surface area contributed by atoms with E-state index < -0.39 is 5.54 Å². The number of likely N-dealkylation sites (tertiary alicyclic amines) is 1. The molecule has 10 heteroatoms. The Labute approximate surface area is 219 Å². The fraction of sp³-hybridized carbons (Fsp3) is 0.370. The molecule has 4 heterocycles. The summed E-state index contributed by atoms with van der Waals surface area (Å²) in [5.41, 5.74) is 2.92. The molecule has 0 bridgehead atoms. The van der Waals surface area contributed by atoms with Crippen molar-refractivity contribution in [3.8, 4) is 11.3 Å². The summed E-state index contributed by atoms with van der Waals surface area (Å²) in [6, 6.07) is 9.69. The average molecular weight is 518 g/mol. The van der Waals surface area contributed by atoms with Gasteiger partial charge in [-0.3, -0.25) is 9.59 Å². The van der Waals surface area contributed by atoms with Gasteiger partial charge in [0.1, 0.15) is 0 Å². The standard InChI is InChI=1S/C27H28ClN7O2/c1-27(30-25(36)24-16-35(32-31-24)19-4-5-19)8-11-34(12-9-27)26(37)17-3-6-20-21(28)14-22(29-23(20)13-17)18-7-10-33(2)15-18/h3,6-7,10,13-16,19H,4-5,8-9,11-12H2,1-2H3,(H,30,36). The molecule has 1 aromatic carbocycles. The fourth-order valence-corrected chi connectivity index (χ4v) is 5.13. The van der Waals surface area contributed by atoms with Crippen LogP contribution in [-0.4, -0.2) is 59.9 Å². The van der Waals surface area contributed by atoms with Crippen LogP contribution in [0, 0.1) is 0 Å². The Morgan fingerprint density at radius 2 is 1.89 bits per heavy atom. The molecule has 9 nitrogen and oxygen atoms in total. The highest BCUT2D eigenvalue weighted by molar-refractivity contribution is 6.35. The summed E-state index contributed by atoms with van der Waals surface area (Å²) in [7, 11) is 1.96. The normalized spacial score (nSPS) is 17.2. The SMILES string of the molecule is Cn1ccc(-c2cc(Cl)c3ccc(C(=O)N4CCC(C)(NC(=O)c5cn(C6CC6)nn5)CC4)cc3n2)c1. The van der Waals surface area contributed by atoms with Crippen molar-refractivity contribution in [2.75, 3.05) is 13.1 Å². The summed E-state index contributed by atoms with van der Waals surface area (Å²) in [6.07, 6.45) is 9.13. The van der Waals surface area contributed by atoms with E-state index in [1.165, 1.54) is 0 Å². The van der Waals surface area contributed by atoms with Crippen molar-refractivity contribution in [2.24, 2.45) is 7.05 Å². The molecule has 2 amide bonds. The van der Waals surface area contributed by atoms with E-state index in [9.17, 15) is 9.59 Å². The van der Waals surface area contributed by atoms with Crippen molar-refractivity contribution in [1.82, 2.24) is 34.8 Å². The van der Waals surface area contributed by atoms with Gasteiger partial charge in [0, 0.05) is 54.6 Å². The van der Waals surface area contributed by atoms with Gasteiger partial charge < -0.3 is 14.8 Å². The maximum Gasteiger partial charge on any atom is 0.273 e. The molecule has 1 aliphatic carbocycles. The lowest BCUT2D eigenvalue weighted by molar-refractivity contribution is 0.0637. The number of hydrogen-bond acceptors (Lipinski definition) is 5. The molecule has 0 spiro atoms. The number of aryl methyl sites for hydroxylation is 1. The zero-order chi connectivity index (χ0) is 25.7. The minimum Gasteiger partial charge on any atom is -0.357 e. The van der Waals surface area contributed by atoms with Crippen molar-refractivity contribution in [1.29, 1.82) is 0 Å². The van der Waals surface area contributed by atoms with Crippen LogP contribution >= 0.6 is 11.6 Å². The molecule has 3 aromatic heterocycles. The molecule has 1 saturated heterocycles.